The quantitative estimate of drug-likeness (QED) is 0.475. The minimum absolute atomic E-state index is 0.0400. The Labute approximate surface area is 198 Å². The molecule has 8 nitrogen and oxygen atoms in total. The first-order valence-corrected chi connectivity index (χ1v) is 12.4. The zero-order valence-electron chi connectivity index (χ0n) is 19.9. The molecule has 1 N–H and O–H groups in total. The van der Waals surface area contributed by atoms with E-state index >= 15 is 0 Å². The first-order valence-electron chi connectivity index (χ1n) is 12.4. The van der Waals surface area contributed by atoms with Crippen LogP contribution in [0.1, 0.15) is 73.5 Å². The lowest BCUT2D eigenvalue weighted by molar-refractivity contribution is 0.219. The molecule has 1 saturated carbocycles. The molecule has 8 heteroatoms. The Balaban J connectivity index is 1.41. The molecule has 4 aromatic heterocycles. The van der Waals surface area contributed by atoms with Crippen molar-refractivity contribution in [1.82, 2.24) is 34.2 Å². The van der Waals surface area contributed by atoms with Gasteiger partial charge >= 0.3 is 0 Å². The summed E-state index contributed by atoms with van der Waals surface area (Å²) in [6.45, 7) is 5.24. The molecule has 1 aliphatic carbocycles. The van der Waals surface area contributed by atoms with Crippen LogP contribution in [0.2, 0.25) is 0 Å². The van der Waals surface area contributed by atoms with Crippen molar-refractivity contribution in [1.29, 1.82) is 0 Å². The van der Waals surface area contributed by atoms with Crippen molar-refractivity contribution < 1.29 is 0 Å². The predicted octanol–water partition coefficient (Wildman–Crippen LogP) is 3.86. The SMILES string of the molecule is CC(c1ccnc(-n2cc(C3CC3)c3cc(CN4CCCCC4)[nH]c3c2=O)c1)c1nncn1C. The van der Waals surface area contributed by atoms with Gasteiger partial charge in [0.1, 0.15) is 23.5 Å². The van der Waals surface area contributed by atoms with E-state index in [4.69, 9.17) is 0 Å². The first-order chi connectivity index (χ1) is 16.6. The number of H-pyrrole nitrogens is 1. The number of aromatic nitrogens is 6. The van der Waals surface area contributed by atoms with E-state index in [1.54, 1.807) is 17.1 Å². The normalized spacial score (nSPS) is 17.9. The number of pyridine rings is 2. The van der Waals surface area contributed by atoms with Crippen LogP contribution in [0.5, 0.6) is 0 Å². The molecule has 4 aromatic rings. The van der Waals surface area contributed by atoms with Crippen LogP contribution < -0.4 is 5.56 Å². The molecule has 1 saturated heterocycles. The predicted molar refractivity (Wildman–Crippen MR) is 131 cm³/mol. The summed E-state index contributed by atoms with van der Waals surface area (Å²) in [4.78, 5) is 24.2. The average molecular weight is 458 g/mol. The number of aryl methyl sites for hydroxylation is 1. The highest BCUT2D eigenvalue weighted by atomic mass is 16.1. The van der Waals surface area contributed by atoms with Crippen LogP contribution in [0.15, 0.2) is 41.7 Å². The van der Waals surface area contributed by atoms with E-state index in [2.05, 4.69) is 38.1 Å². The number of piperidine rings is 1. The summed E-state index contributed by atoms with van der Waals surface area (Å²) in [7, 11) is 1.95. The van der Waals surface area contributed by atoms with E-state index in [0.29, 0.717) is 17.3 Å². The van der Waals surface area contributed by atoms with Gasteiger partial charge in [-0.15, -0.1) is 10.2 Å². The highest BCUT2D eigenvalue weighted by Gasteiger charge is 2.28. The number of nitrogens with one attached hydrogen (secondary N) is 1. The number of hydrogen-bond acceptors (Lipinski definition) is 5. The van der Waals surface area contributed by atoms with Crippen LogP contribution in [0.3, 0.4) is 0 Å². The van der Waals surface area contributed by atoms with Gasteiger partial charge < -0.3 is 9.55 Å². The van der Waals surface area contributed by atoms with Gasteiger partial charge in [0.05, 0.1) is 0 Å². The molecule has 6 rings (SSSR count). The third-order valence-electron chi connectivity index (χ3n) is 7.40. The number of rotatable bonds is 6. The second-order valence-corrected chi connectivity index (χ2v) is 9.92. The van der Waals surface area contributed by atoms with Crippen LogP contribution in [-0.2, 0) is 13.6 Å². The third-order valence-corrected chi connectivity index (χ3v) is 7.40. The molecule has 34 heavy (non-hydrogen) atoms. The Morgan fingerprint density at radius 2 is 2.00 bits per heavy atom. The van der Waals surface area contributed by atoms with Gasteiger partial charge in [-0.2, -0.15) is 0 Å². The van der Waals surface area contributed by atoms with Crippen molar-refractivity contribution in [2.45, 2.75) is 57.4 Å². The number of hydrogen-bond donors (Lipinski definition) is 1. The van der Waals surface area contributed by atoms with Crippen LogP contribution in [0, 0.1) is 0 Å². The van der Waals surface area contributed by atoms with Crippen molar-refractivity contribution in [2.75, 3.05) is 13.1 Å². The number of fused-ring (bicyclic) bond motifs is 1. The van der Waals surface area contributed by atoms with Gasteiger partial charge in [-0.05, 0) is 74.0 Å². The zero-order chi connectivity index (χ0) is 23.2. The minimum atomic E-state index is -0.0414. The highest BCUT2D eigenvalue weighted by Crippen LogP contribution is 2.43. The topological polar surface area (TPSA) is 84.6 Å². The summed E-state index contributed by atoms with van der Waals surface area (Å²) in [5, 5.41) is 9.36. The Morgan fingerprint density at radius 1 is 1.18 bits per heavy atom. The van der Waals surface area contributed by atoms with Gasteiger partial charge in [0.15, 0.2) is 0 Å². The summed E-state index contributed by atoms with van der Waals surface area (Å²) in [6, 6.07) is 6.20. The van der Waals surface area contributed by atoms with Crippen LogP contribution in [-0.4, -0.2) is 47.3 Å². The standard InChI is InChI=1S/C26H31N7O/c1-17(25-30-28-16-31(25)2)19-8-9-27-23(12-19)33-15-22(18-6-7-18)21-13-20(29-24(21)26(33)34)14-32-10-4-3-5-11-32/h8-9,12-13,15-18,29H,3-7,10-11,14H2,1-2H3. The smallest absolute Gasteiger partial charge is 0.280 e. The van der Waals surface area contributed by atoms with E-state index < -0.39 is 0 Å². The second-order valence-electron chi connectivity index (χ2n) is 9.92. The zero-order valence-corrected chi connectivity index (χ0v) is 19.9. The Kier molecular flexibility index (Phi) is 5.32. The van der Waals surface area contributed by atoms with Crippen molar-refractivity contribution in [3.8, 4) is 5.82 Å². The second kappa shape index (κ2) is 8.51. The van der Waals surface area contributed by atoms with E-state index in [9.17, 15) is 4.79 Å². The highest BCUT2D eigenvalue weighted by molar-refractivity contribution is 5.84. The molecule has 1 unspecified atom stereocenters. The lowest BCUT2D eigenvalue weighted by Crippen LogP contribution is -2.29. The third kappa shape index (κ3) is 3.86. The molecule has 0 aromatic carbocycles. The number of nitrogens with zero attached hydrogens (tertiary/aromatic N) is 6. The summed E-state index contributed by atoms with van der Waals surface area (Å²) in [5.41, 5.74) is 4.10. The van der Waals surface area contributed by atoms with E-state index in [0.717, 1.165) is 42.1 Å². The number of aromatic amines is 1. The Bertz CT molecular complexity index is 1390. The number of likely N-dealkylation sites (tertiary alicyclic amines) is 1. The average Bonchev–Trinajstić information content (AvgIpc) is 3.47. The molecule has 1 atom stereocenters. The van der Waals surface area contributed by atoms with E-state index in [-0.39, 0.29) is 11.5 Å². The fourth-order valence-electron chi connectivity index (χ4n) is 5.30. The summed E-state index contributed by atoms with van der Waals surface area (Å²) < 4.78 is 3.65. The molecule has 0 spiro atoms. The van der Waals surface area contributed by atoms with Gasteiger partial charge in [-0.3, -0.25) is 14.3 Å². The lowest BCUT2D eigenvalue weighted by atomic mass is 10.0. The van der Waals surface area contributed by atoms with Gasteiger partial charge in [0, 0.05) is 43.0 Å². The van der Waals surface area contributed by atoms with Crippen molar-refractivity contribution >= 4 is 10.9 Å². The van der Waals surface area contributed by atoms with Crippen molar-refractivity contribution in [3.63, 3.8) is 0 Å². The maximum Gasteiger partial charge on any atom is 0.280 e. The Hall–Kier alpha value is -3.26. The molecule has 0 bridgehead atoms. The van der Waals surface area contributed by atoms with Crippen LogP contribution >= 0.6 is 0 Å². The molecule has 176 valence electrons. The molecular formula is C26H31N7O. The molecule has 1 aliphatic heterocycles. The van der Waals surface area contributed by atoms with Gasteiger partial charge in [-0.25, -0.2) is 4.98 Å². The molecule has 2 fully saturated rings. The van der Waals surface area contributed by atoms with Gasteiger partial charge in [0.2, 0.25) is 0 Å². The lowest BCUT2D eigenvalue weighted by Gasteiger charge is -2.25. The van der Waals surface area contributed by atoms with Crippen LogP contribution in [0.4, 0.5) is 0 Å². The fraction of sp³-hybridized carbons (Fsp3) is 0.462. The van der Waals surface area contributed by atoms with Crippen molar-refractivity contribution in [2.24, 2.45) is 7.05 Å². The molecule has 0 amide bonds. The van der Waals surface area contributed by atoms with E-state index in [1.807, 2.05) is 29.9 Å². The largest absolute Gasteiger partial charge is 0.353 e. The van der Waals surface area contributed by atoms with Crippen molar-refractivity contribution in [3.05, 3.63) is 69.9 Å². The summed E-state index contributed by atoms with van der Waals surface area (Å²) in [5.74, 6) is 2.09. The Morgan fingerprint density at radius 3 is 2.74 bits per heavy atom. The molecule has 0 radical (unpaired) electrons. The molecule has 5 heterocycles. The van der Waals surface area contributed by atoms with Gasteiger partial charge in [0.25, 0.3) is 5.56 Å². The maximum atomic E-state index is 13.6. The van der Waals surface area contributed by atoms with Gasteiger partial charge in [-0.1, -0.05) is 13.3 Å². The summed E-state index contributed by atoms with van der Waals surface area (Å²) >= 11 is 0. The maximum absolute atomic E-state index is 13.6. The summed E-state index contributed by atoms with van der Waals surface area (Å²) in [6.07, 6.45) is 11.7. The first kappa shape index (κ1) is 21.3. The molecular weight excluding hydrogens is 426 g/mol. The van der Waals surface area contributed by atoms with Crippen LogP contribution in [0.25, 0.3) is 16.7 Å². The van der Waals surface area contributed by atoms with E-state index in [1.165, 1.54) is 37.7 Å². The minimum Gasteiger partial charge on any atom is -0.353 e. The fourth-order valence-corrected chi connectivity index (χ4v) is 5.30. The monoisotopic (exact) mass is 457 g/mol. The molecule has 2 aliphatic rings.